The molecule has 2 aromatic carbocycles. The van der Waals surface area contributed by atoms with Gasteiger partial charge in [-0.05, 0) is 35.8 Å². The van der Waals surface area contributed by atoms with Crippen LogP contribution in [0, 0.1) is 11.8 Å². The number of carbonyl (C=O) groups excluding carboxylic acids is 3. The lowest BCUT2D eigenvalue weighted by Crippen LogP contribution is -2.54. The van der Waals surface area contributed by atoms with E-state index in [0.717, 1.165) is 11.1 Å². The fraction of sp³-hybridized carbons (Fsp3) is 0.385. The first-order valence-electron chi connectivity index (χ1n) is 11.5. The lowest BCUT2D eigenvalue weighted by Gasteiger charge is -2.25. The van der Waals surface area contributed by atoms with Gasteiger partial charge in [-0.1, -0.05) is 74.5 Å². The van der Waals surface area contributed by atoms with E-state index in [1.807, 2.05) is 50.2 Å². The molecule has 0 radical (unpaired) electrons. The van der Waals surface area contributed by atoms with Crippen LogP contribution in [-0.2, 0) is 32.1 Å². The molecule has 0 aliphatic rings. The van der Waals surface area contributed by atoms with Crippen molar-refractivity contribution in [3.8, 4) is 0 Å². The van der Waals surface area contributed by atoms with Crippen LogP contribution in [0.1, 0.15) is 37.8 Å². The predicted octanol–water partition coefficient (Wildman–Crippen LogP) is 2.63. The molecule has 9 nitrogen and oxygen atoms in total. The highest BCUT2D eigenvalue weighted by Gasteiger charge is 2.31. The average Bonchev–Trinajstić information content (AvgIpc) is 2.82. The number of carboxylic acid groups (broad SMARTS) is 1. The Morgan fingerprint density at radius 2 is 1.49 bits per heavy atom. The molecule has 2 unspecified atom stereocenters. The quantitative estimate of drug-likeness (QED) is 0.363. The van der Waals surface area contributed by atoms with Crippen LogP contribution in [-0.4, -0.2) is 41.1 Å². The first-order chi connectivity index (χ1) is 16.7. The predicted molar refractivity (Wildman–Crippen MR) is 130 cm³/mol. The summed E-state index contributed by atoms with van der Waals surface area (Å²) >= 11 is 0. The summed E-state index contributed by atoms with van der Waals surface area (Å²) in [7, 11) is 0. The molecule has 0 heterocycles. The number of amides is 3. The zero-order valence-corrected chi connectivity index (χ0v) is 20.0. The van der Waals surface area contributed by atoms with Gasteiger partial charge in [0.25, 0.3) is 0 Å². The maximum Gasteiger partial charge on any atom is 0.408 e. The van der Waals surface area contributed by atoms with Gasteiger partial charge in [-0.15, -0.1) is 0 Å². The molecule has 0 bridgehead atoms. The Bertz CT molecular complexity index is 981. The molecule has 0 aliphatic heterocycles. The third kappa shape index (κ3) is 9.97. The highest BCUT2D eigenvalue weighted by Crippen LogP contribution is 2.20. The number of rotatable bonds is 12. The van der Waals surface area contributed by atoms with Crippen molar-refractivity contribution in [2.24, 2.45) is 17.6 Å². The molecule has 0 aliphatic carbocycles. The van der Waals surface area contributed by atoms with Crippen molar-refractivity contribution in [2.45, 2.75) is 51.8 Å². The van der Waals surface area contributed by atoms with Gasteiger partial charge in [0.1, 0.15) is 12.6 Å². The van der Waals surface area contributed by atoms with Gasteiger partial charge in [0.2, 0.25) is 11.8 Å². The minimum atomic E-state index is -1.51. The summed E-state index contributed by atoms with van der Waals surface area (Å²) in [6.07, 6.45) is -0.507. The van der Waals surface area contributed by atoms with E-state index in [1.165, 1.54) is 0 Å². The Kier molecular flexibility index (Phi) is 10.9. The highest BCUT2D eigenvalue weighted by molar-refractivity contribution is 6.02. The minimum absolute atomic E-state index is 0.0613. The van der Waals surface area contributed by atoms with Crippen molar-refractivity contribution in [3.05, 3.63) is 71.8 Å². The van der Waals surface area contributed by atoms with Gasteiger partial charge < -0.3 is 20.9 Å². The zero-order valence-electron chi connectivity index (χ0n) is 20.0. The van der Waals surface area contributed by atoms with Gasteiger partial charge in [0, 0.05) is 0 Å². The van der Waals surface area contributed by atoms with Crippen LogP contribution in [0.25, 0.3) is 0 Å². The standard InChI is InChI=1S/C26H33N3O6/c1-17(2)13-20(14-18-9-5-3-6-10-18)23(27)25(33)29-24(32)21(15-22(30)31)28-26(34)35-16-19-11-7-4-8-12-19/h3-12,17,20-21,23H,13-16,27H2,1-2H3,(H,28,34)(H,30,31)(H,29,32,33)/t20?,21-,23?/m0/s1. The normalized spacial score (nSPS) is 13.4. The molecule has 0 fully saturated rings. The Morgan fingerprint density at radius 3 is 2.03 bits per heavy atom. The number of benzene rings is 2. The maximum atomic E-state index is 12.8. The second kappa shape index (κ2) is 13.9. The van der Waals surface area contributed by atoms with Crippen LogP contribution < -0.4 is 16.4 Å². The molecule has 0 saturated carbocycles. The van der Waals surface area contributed by atoms with Crippen molar-refractivity contribution < 1.29 is 29.0 Å². The van der Waals surface area contributed by atoms with Crippen LogP contribution in [0.3, 0.4) is 0 Å². The largest absolute Gasteiger partial charge is 0.481 e. The SMILES string of the molecule is CC(C)CC(Cc1ccccc1)C(N)C(=O)NC(=O)[C@H](CC(=O)O)NC(=O)OCc1ccccc1. The number of nitrogens with two attached hydrogens (primary N) is 1. The molecule has 188 valence electrons. The maximum absolute atomic E-state index is 12.8. The van der Waals surface area contributed by atoms with Crippen molar-refractivity contribution in [1.82, 2.24) is 10.6 Å². The lowest BCUT2D eigenvalue weighted by atomic mass is 9.85. The summed E-state index contributed by atoms with van der Waals surface area (Å²) in [5, 5.41) is 13.6. The molecule has 0 saturated heterocycles. The Labute approximate surface area is 205 Å². The van der Waals surface area contributed by atoms with E-state index < -0.39 is 42.4 Å². The van der Waals surface area contributed by atoms with Crippen LogP contribution in [0.4, 0.5) is 4.79 Å². The second-order valence-corrected chi connectivity index (χ2v) is 8.82. The number of ether oxygens (including phenoxy) is 1. The van der Waals surface area contributed by atoms with Gasteiger partial charge in [-0.2, -0.15) is 0 Å². The molecule has 2 rings (SSSR count). The molecule has 9 heteroatoms. The van der Waals surface area contributed by atoms with Crippen molar-refractivity contribution >= 4 is 23.9 Å². The van der Waals surface area contributed by atoms with Gasteiger partial charge in [0.15, 0.2) is 0 Å². The number of alkyl carbamates (subject to hydrolysis) is 1. The molecule has 0 aromatic heterocycles. The topological polar surface area (TPSA) is 148 Å². The van der Waals surface area contributed by atoms with Gasteiger partial charge in [-0.25, -0.2) is 4.79 Å². The fourth-order valence-electron chi connectivity index (χ4n) is 3.68. The Hall–Kier alpha value is -3.72. The minimum Gasteiger partial charge on any atom is -0.481 e. The van der Waals surface area contributed by atoms with Gasteiger partial charge >= 0.3 is 12.1 Å². The van der Waals surface area contributed by atoms with Crippen molar-refractivity contribution in [3.63, 3.8) is 0 Å². The van der Waals surface area contributed by atoms with Crippen LogP contribution in [0.5, 0.6) is 0 Å². The van der Waals surface area contributed by atoms with Gasteiger partial charge in [-0.3, -0.25) is 19.7 Å². The number of hydrogen-bond acceptors (Lipinski definition) is 6. The van der Waals surface area contributed by atoms with Crippen molar-refractivity contribution in [2.75, 3.05) is 0 Å². The summed E-state index contributed by atoms with van der Waals surface area (Å²) in [6, 6.07) is 15.9. The first-order valence-corrected chi connectivity index (χ1v) is 11.5. The molecule has 35 heavy (non-hydrogen) atoms. The van der Waals surface area contributed by atoms with Gasteiger partial charge in [0.05, 0.1) is 12.5 Å². The van der Waals surface area contributed by atoms with E-state index >= 15 is 0 Å². The van der Waals surface area contributed by atoms with E-state index in [1.54, 1.807) is 24.3 Å². The molecule has 3 atom stereocenters. The van der Waals surface area contributed by atoms with Crippen LogP contribution in [0.15, 0.2) is 60.7 Å². The molecular weight excluding hydrogens is 450 g/mol. The summed E-state index contributed by atoms with van der Waals surface area (Å²) in [5.74, 6) is -3.00. The summed E-state index contributed by atoms with van der Waals surface area (Å²) < 4.78 is 5.06. The smallest absolute Gasteiger partial charge is 0.408 e. The number of nitrogens with one attached hydrogen (secondary N) is 2. The fourth-order valence-corrected chi connectivity index (χ4v) is 3.68. The number of hydrogen-bond donors (Lipinski definition) is 4. The van der Waals surface area contributed by atoms with Crippen molar-refractivity contribution in [1.29, 1.82) is 0 Å². The molecule has 0 spiro atoms. The third-order valence-electron chi connectivity index (χ3n) is 5.37. The number of carboxylic acids is 1. The first kappa shape index (κ1) is 27.5. The van der Waals surface area contributed by atoms with Crippen LogP contribution >= 0.6 is 0 Å². The molecule has 2 aromatic rings. The molecule has 5 N–H and O–H groups in total. The molecular formula is C26H33N3O6. The summed E-state index contributed by atoms with van der Waals surface area (Å²) in [5.41, 5.74) is 7.96. The average molecular weight is 484 g/mol. The number of carbonyl (C=O) groups is 4. The van der Waals surface area contributed by atoms with E-state index in [9.17, 15) is 19.2 Å². The van der Waals surface area contributed by atoms with E-state index in [0.29, 0.717) is 12.8 Å². The third-order valence-corrected chi connectivity index (χ3v) is 5.37. The number of aliphatic carboxylic acids is 1. The zero-order chi connectivity index (χ0) is 25.8. The lowest BCUT2D eigenvalue weighted by molar-refractivity contribution is -0.141. The highest BCUT2D eigenvalue weighted by atomic mass is 16.5. The Morgan fingerprint density at radius 1 is 0.914 bits per heavy atom. The molecule has 3 amide bonds. The second-order valence-electron chi connectivity index (χ2n) is 8.82. The monoisotopic (exact) mass is 483 g/mol. The summed E-state index contributed by atoms with van der Waals surface area (Å²) in [6.45, 7) is 3.97. The van der Waals surface area contributed by atoms with E-state index in [-0.39, 0.29) is 18.4 Å². The number of imide groups is 1. The van der Waals surface area contributed by atoms with E-state index in [4.69, 9.17) is 15.6 Å². The van der Waals surface area contributed by atoms with E-state index in [2.05, 4.69) is 10.6 Å². The Balaban J connectivity index is 2.01. The van der Waals surface area contributed by atoms with Crippen LogP contribution in [0.2, 0.25) is 0 Å². The summed E-state index contributed by atoms with van der Waals surface area (Å²) in [4.78, 5) is 48.9.